The predicted molar refractivity (Wildman–Crippen MR) is 91.8 cm³/mol. The van der Waals surface area contributed by atoms with E-state index >= 15 is 0 Å². The monoisotopic (exact) mass is 336 g/mol. The Bertz CT molecular complexity index is 831. The molecule has 2 aromatic carbocycles. The highest BCUT2D eigenvalue weighted by atomic mass is 16.5. The zero-order valence-electron chi connectivity index (χ0n) is 13.5. The highest BCUT2D eigenvalue weighted by molar-refractivity contribution is 6.01. The minimum atomic E-state index is -1.03. The van der Waals surface area contributed by atoms with Gasteiger partial charge in [0, 0.05) is 6.54 Å². The molecule has 0 spiro atoms. The molecule has 0 fully saturated rings. The quantitative estimate of drug-likeness (QED) is 0.624. The van der Waals surface area contributed by atoms with Crippen LogP contribution in [-0.4, -0.2) is 24.1 Å². The summed E-state index contributed by atoms with van der Waals surface area (Å²) in [6.07, 6.45) is 1.41. The number of hydrogen-bond donors (Lipinski definition) is 2. The van der Waals surface area contributed by atoms with Gasteiger partial charge < -0.3 is 15.2 Å². The second-order valence-electron chi connectivity index (χ2n) is 5.13. The van der Waals surface area contributed by atoms with Crippen molar-refractivity contribution < 1.29 is 19.4 Å². The molecule has 6 heteroatoms. The molecule has 0 aromatic heterocycles. The van der Waals surface area contributed by atoms with Crippen molar-refractivity contribution in [1.29, 1.82) is 5.26 Å². The molecule has 0 unspecified atom stereocenters. The maximum Gasteiger partial charge on any atom is 0.335 e. The molecular formula is C19H16N2O4. The van der Waals surface area contributed by atoms with Gasteiger partial charge in [0.15, 0.2) is 0 Å². The Balaban J connectivity index is 2.04. The molecule has 0 saturated heterocycles. The first-order valence-electron chi connectivity index (χ1n) is 7.40. The van der Waals surface area contributed by atoms with E-state index in [0.29, 0.717) is 5.56 Å². The summed E-state index contributed by atoms with van der Waals surface area (Å²) in [5.74, 6) is -0.814. The van der Waals surface area contributed by atoms with Crippen molar-refractivity contribution >= 4 is 18.0 Å². The van der Waals surface area contributed by atoms with Crippen LogP contribution < -0.4 is 10.1 Å². The van der Waals surface area contributed by atoms with Gasteiger partial charge in [-0.2, -0.15) is 5.26 Å². The van der Waals surface area contributed by atoms with E-state index in [2.05, 4.69) is 5.32 Å². The summed E-state index contributed by atoms with van der Waals surface area (Å²) in [5, 5.41) is 20.7. The standard InChI is InChI=1S/C19H16N2O4/c1-25-17-8-4-14(5-9-17)12-21-18(22)16(11-20)10-13-2-6-15(7-3-13)19(23)24/h2-10H,12H2,1H3,(H,21,22)(H,23,24)/b16-10-. The second-order valence-corrected chi connectivity index (χ2v) is 5.13. The summed E-state index contributed by atoms with van der Waals surface area (Å²) < 4.78 is 5.06. The number of carbonyl (C=O) groups excluding carboxylic acids is 1. The number of benzene rings is 2. The summed E-state index contributed by atoms with van der Waals surface area (Å²) in [6.45, 7) is 0.278. The molecule has 0 heterocycles. The van der Waals surface area contributed by atoms with Crippen LogP contribution >= 0.6 is 0 Å². The largest absolute Gasteiger partial charge is 0.497 e. The number of nitrogens with one attached hydrogen (secondary N) is 1. The fourth-order valence-electron chi connectivity index (χ4n) is 2.06. The van der Waals surface area contributed by atoms with Gasteiger partial charge in [0.25, 0.3) is 5.91 Å². The maximum absolute atomic E-state index is 12.1. The Morgan fingerprint density at radius 2 is 1.80 bits per heavy atom. The number of nitrogens with zero attached hydrogens (tertiary/aromatic N) is 1. The molecule has 0 aliphatic rings. The van der Waals surface area contributed by atoms with E-state index in [4.69, 9.17) is 9.84 Å². The van der Waals surface area contributed by atoms with Crippen LogP contribution in [0.3, 0.4) is 0 Å². The molecule has 126 valence electrons. The van der Waals surface area contributed by atoms with Crippen LogP contribution in [0.2, 0.25) is 0 Å². The highest BCUT2D eigenvalue weighted by Gasteiger charge is 2.09. The van der Waals surface area contributed by atoms with Gasteiger partial charge in [-0.25, -0.2) is 4.79 Å². The predicted octanol–water partition coefficient (Wildman–Crippen LogP) is 2.62. The molecule has 2 rings (SSSR count). The lowest BCUT2D eigenvalue weighted by atomic mass is 10.1. The van der Waals surface area contributed by atoms with Gasteiger partial charge in [-0.1, -0.05) is 24.3 Å². The van der Waals surface area contributed by atoms with Crippen molar-refractivity contribution in [2.45, 2.75) is 6.54 Å². The van der Waals surface area contributed by atoms with Crippen molar-refractivity contribution in [1.82, 2.24) is 5.32 Å². The Labute approximate surface area is 145 Å². The Morgan fingerprint density at radius 1 is 1.16 bits per heavy atom. The third-order valence-corrected chi connectivity index (χ3v) is 3.45. The van der Waals surface area contributed by atoms with Crippen molar-refractivity contribution in [3.05, 3.63) is 70.8 Å². The van der Waals surface area contributed by atoms with Gasteiger partial charge in [-0.05, 0) is 41.5 Å². The molecule has 0 bridgehead atoms. The summed E-state index contributed by atoms with van der Waals surface area (Å²) in [4.78, 5) is 22.9. The topological polar surface area (TPSA) is 99.4 Å². The summed E-state index contributed by atoms with van der Waals surface area (Å²) >= 11 is 0. The molecule has 0 radical (unpaired) electrons. The van der Waals surface area contributed by atoms with Crippen molar-refractivity contribution in [2.75, 3.05) is 7.11 Å². The average molecular weight is 336 g/mol. The highest BCUT2D eigenvalue weighted by Crippen LogP contribution is 2.12. The van der Waals surface area contributed by atoms with E-state index in [1.165, 1.54) is 30.3 Å². The number of carbonyl (C=O) groups is 2. The van der Waals surface area contributed by atoms with Gasteiger partial charge in [0.05, 0.1) is 12.7 Å². The first kappa shape index (κ1) is 17.8. The molecule has 2 aromatic rings. The van der Waals surface area contributed by atoms with Crippen molar-refractivity contribution in [3.8, 4) is 11.8 Å². The number of rotatable bonds is 6. The molecule has 6 nitrogen and oxygen atoms in total. The first-order chi connectivity index (χ1) is 12.0. The number of aromatic carboxylic acids is 1. The van der Waals surface area contributed by atoms with E-state index in [1.54, 1.807) is 19.2 Å². The zero-order chi connectivity index (χ0) is 18.2. The van der Waals surface area contributed by atoms with Crippen LogP contribution in [0.4, 0.5) is 0 Å². The molecule has 2 N–H and O–H groups in total. The first-order valence-corrected chi connectivity index (χ1v) is 7.40. The molecule has 1 amide bonds. The number of hydrogen-bond acceptors (Lipinski definition) is 4. The van der Waals surface area contributed by atoms with Crippen LogP contribution in [0.5, 0.6) is 5.75 Å². The minimum Gasteiger partial charge on any atom is -0.497 e. The molecular weight excluding hydrogens is 320 g/mol. The van der Waals surface area contributed by atoms with Crippen LogP contribution in [0.25, 0.3) is 6.08 Å². The average Bonchev–Trinajstić information content (AvgIpc) is 2.64. The van der Waals surface area contributed by atoms with E-state index in [9.17, 15) is 14.9 Å². The lowest BCUT2D eigenvalue weighted by Crippen LogP contribution is -2.23. The van der Waals surface area contributed by atoms with E-state index < -0.39 is 11.9 Å². The maximum atomic E-state index is 12.1. The van der Waals surface area contributed by atoms with Crippen LogP contribution in [-0.2, 0) is 11.3 Å². The summed E-state index contributed by atoms with van der Waals surface area (Å²) in [7, 11) is 1.57. The van der Waals surface area contributed by atoms with Gasteiger partial charge in [-0.3, -0.25) is 4.79 Å². The molecule has 25 heavy (non-hydrogen) atoms. The van der Waals surface area contributed by atoms with Gasteiger partial charge in [-0.15, -0.1) is 0 Å². The number of amides is 1. The number of carboxylic acids is 1. The number of carboxylic acid groups (broad SMARTS) is 1. The molecule has 0 aliphatic carbocycles. The Kier molecular flexibility index (Phi) is 5.91. The summed E-state index contributed by atoms with van der Waals surface area (Å²) in [6, 6.07) is 15.0. The fourth-order valence-corrected chi connectivity index (χ4v) is 2.06. The van der Waals surface area contributed by atoms with Crippen molar-refractivity contribution in [3.63, 3.8) is 0 Å². The third-order valence-electron chi connectivity index (χ3n) is 3.45. The number of methoxy groups -OCH3 is 1. The molecule has 0 atom stereocenters. The lowest BCUT2D eigenvalue weighted by molar-refractivity contribution is -0.117. The summed E-state index contributed by atoms with van der Waals surface area (Å²) in [5.41, 5.74) is 1.52. The third kappa shape index (κ3) is 4.94. The van der Waals surface area contributed by atoms with Crippen LogP contribution in [0.15, 0.2) is 54.1 Å². The second kappa shape index (κ2) is 8.31. The zero-order valence-corrected chi connectivity index (χ0v) is 13.5. The Morgan fingerprint density at radius 3 is 2.32 bits per heavy atom. The normalized spacial score (nSPS) is 10.6. The lowest BCUT2D eigenvalue weighted by Gasteiger charge is -2.06. The van der Waals surface area contributed by atoms with Crippen LogP contribution in [0, 0.1) is 11.3 Å². The minimum absolute atomic E-state index is 0.0587. The van der Waals surface area contributed by atoms with Gasteiger partial charge in [0.1, 0.15) is 17.4 Å². The smallest absolute Gasteiger partial charge is 0.335 e. The molecule has 0 saturated carbocycles. The van der Waals surface area contributed by atoms with E-state index in [1.807, 2.05) is 18.2 Å². The van der Waals surface area contributed by atoms with Gasteiger partial charge >= 0.3 is 5.97 Å². The van der Waals surface area contributed by atoms with Crippen LogP contribution in [0.1, 0.15) is 21.5 Å². The SMILES string of the molecule is COc1ccc(CNC(=O)/C(C#N)=C\c2ccc(C(=O)O)cc2)cc1. The van der Waals surface area contributed by atoms with Crippen molar-refractivity contribution in [2.24, 2.45) is 0 Å². The van der Waals surface area contributed by atoms with E-state index in [0.717, 1.165) is 11.3 Å². The molecule has 0 aliphatic heterocycles. The number of nitriles is 1. The fraction of sp³-hybridized carbons (Fsp3) is 0.105. The van der Waals surface area contributed by atoms with Gasteiger partial charge in [0.2, 0.25) is 0 Å². The number of ether oxygens (including phenoxy) is 1. The van der Waals surface area contributed by atoms with E-state index in [-0.39, 0.29) is 17.7 Å². The Hall–Kier alpha value is -3.59.